The Morgan fingerprint density at radius 3 is 2.43 bits per heavy atom. The number of piperidine rings is 1. The quantitative estimate of drug-likeness (QED) is 0.762. The fourth-order valence-electron chi connectivity index (χ4n) is 4.06. The molecule has 4 heteroatoms. The second-order valence-corrected chi connectivity index (χ2v) is 8.44. The third-order valence-electron chi connectivity index (χ3n) is 5.97. The monoisotopic (exact) mass is 377 g/mol. The highest BCUT2D eigenvalue weighted by atomic mass is 16.1. The molecule has 1 amide bonds. The van der Waals surface area contributed by atoms with Crippen LogP contribution in [0.2, 0.25) is 0 Å². The summed E-state index contributed by atoms with van der Waals surface area (Å²) in [4.78, 5) is 18.6. The van der Waals surface area contributed by atoms with Crippen LogP contribution in [0, 0.1) is 5.92 Å². The summed E-state index contributed by atoms with van der Waals surface area (Å²) < 4.78 is 0. The second kappa shape index (κ2) is 9.33. The number of aryl methyl sites for hydroxylation is 1. The molecule has 2 aliphatic rings. The van der Waals surface area contributed by atoms with Crippen LogP contribution in [0.1, 0.15) is 48.8 Å². The maximum atomic E-state index is 11.8. The molecule has 1 aliphatic heterocycles. The molecule has 0 unspecified atom stereocenters. The molecule has 4 rings (SSSR count). The number of benzene rings is 1. The summed E-state index contributed by atoms with van der Waals surface area (Å²) in [5.74, 6) is 0.977. The summed E-state index contributed by atoms with van der Waals surface area (Å²) in [7, 11) is 0. The Hall–Kier alpha value is -2.20. The van der Waals surface area contributed by atoms with Gasteiger partial charge < -0.3 is 5.32 Å². The van der Waals surface area contributed by atoms with Gasteiger partial charge in [0.05, 0.1) is 0 Å². The first kappa shape index (κ1) is 19.1. The Balaban J connectivity index is 1.18. The first-order valence-electron chi connectivity index (χ1n) is 10.7. The largest absolute Gasteiger partial charge is 0.353 e. The summed E-state index contributed by atoms with van der Waals surface area (Å²) in [5.41, 5.74) is 4.00. The minimum absolute atomic E-state index is 0.199. The van der Waals surface area contributed by atoms with Crippen LogP contribution < -0.4 is 5.32 Å². The Labute approximate surface area is 168 Å². The lowest BCUT2D eigenvalue weighted by molar-refractivity contribution is -0.121. The number of carbonyl (C=O) groups is 1. The molecule has 148 valence electrons. The summed E-state index contributed by atoms with van der Waals surface area (Å²) in [6, 6.07) is 13.6. The van der Waals surface area contributed by atoms with E-state index in [1.807, 2.05) is 18.5 Å². The Bertz CT molecular complexity index is 747. The van der Waals surface area contributed by atoms with Gasteiger partial charge in [0, 0.05) is 31.4 Å². The van der Waals surface area contributed by atoms with E-state index < -0.39 is 0 Å². The zero-order valence-corrected chi connectivity index (χ0v) is 16.6. The number of aromatic nitrogens is 1. The molecule has 1 saturated heterocycles. The van der Waals surface area contributed by atoms with Gasteiger partial charge in [0.1, 0.15) is 0 Å². The predicted octanol–water partition coefficient (Wildman–Crippen LogP) is 3.75. The standard InChI is InChI=1S/C24H31N3O/c28-24(26-23-8-9-23)10-7-19-3-5-20(6-4-19)16-21-11-14-27(15-12-21)18-22-2-1-13-25-17-22/h1-6,13,17,21,23H,7-12,14-16,18H2,(H,26,28). The van der Waals surface area contributed by atoms with Gasteiger partial charge in [-0.3, -0.25) is 14.7 Å². The zero-order chi connectivity index (χ0) is 19.2. The number of pyridine rings is 1. The highest BCUT2D eigenvalue weighted by Gasteiger charge is 2.23. The van der Waals surface area contributed by atoms with Gasteiger partial charge in [-0.15, -0.1) is 0 Å². The highest BCUT2D eigenvalue weighted by molar-refractivity contribution is 5.76. The van der Waals surface area contributed by atoms with Crippen LogP contribution in [-0.2, 0) is 24.2 Å². The van der Waals surface area contributed by atoms with E-state index in [4.69, 9.17) is 0 Å². The first-order valence-corrected chi connectivity index (χ1v) is 10.7. The van der Waals surface area contributed by atoms with Crippen molar-refractivity contribution in [2.75, 3.05) is 13.1 Å². The molecule has 0 spiro atoms. The van der Waals surface area contributed by atoms with Gasteiger partial charge in [0.25, 0.3) is 0 Å². The Kier molecular flexibility index (Phi) is 6.38. The van der Waals surface area contributed by atoms with Gasteiger partial charge in [-0.2, -0.15) is 0 Å². The van der Waals surface area contributed by atoms with Crippen molar-refractivity contribution in [1.29, 1.82) is 0 Å². The Morgan fingerprint density at radius 1 is 1.00 bits per heavy atom. The van der Waals surface area contributed by atoms with Gasteiger partial charge >= 0.3 is 0 Å². The molecule has 28 heavy (non-hydrogen) atoms. The molecule has 2 aromatic rings. The number of nitrogens with zero attached hydrogens (tertiary/aromatic N) is 2. The van der Waals surface area contributed by atoms with Crippen molar-refractivity contribution in [3.05, 3.63) is 65.5 Å². The van der Waals surface area contributed by atoms with Crippen molar-refractivity contribution in [2.24, 2.45) is 5.92 Å². The van der Waals surface area contributed by atoms with Gasteiger partial charge in [0.2, 0.25) is 5.91 Å². The van der Waals surface area contributed by atoms with E-state index in [-0.39, 0.29) is 5.91 Å². The van der Waals surface area contributed by atoms with Crippen molar-refractivity contribution in [3.8, 4) is 0 Å². The fourth-order valence-corrected chi connectivity index (χ4v) is 4.06. The molecule has 0 atom stereocenters. The normalized spacial score (nSPS) is 18.1. The van der Waals surface area contributed by atoms with Crippen LogP contribution in [0.4, 0.5) is 0 Å². The second-order valence-electron chi connectivity index (χ2n) is 8.44. The summed E-state index contributed by atoms with van der Waals surface area (Å²) in [6.45, 7) is 3.37. The Morgan fingerprint density at radius 2 is 1.75 bits per heavy atom. The summed E-state index contributed by atoms with van der Waals surface area (Å²) in [5, 5.41) is 3.06. The molecule has 0 bridgehead atoms. The molecule has 1 saturated carbocycles. The summed E-state index contributed by atoms with van der Waals surface area (Å²) in [6.07, 6.45) is 11.3. The lowest BCUT2D eigenvalue weighted by atomic mass is 9.89. The predicted molar refractivity (Wildman–Crippen MR) is 112 cm³/mol. The number of amides is 1. The molecule has 2 heterocycles. The van der Waals surface area contributed by atoms with Crippen LogP contribution in [0.25, 0.3) is 0 Å². The average molecular weight is 378 g/mol. The minimum Gasteiger partial charge on any atom is -0.353 e. The van der Waals surface area contributed by atoms with Crippen molar-refractivity contribution >= 4 is 5.91 Å². The van der Waals surface area contributed by atoms with E-state index >= 15 is 0 Å². The van der Waals surface area contributed by atoms with E-state index in [2.05, 4.69) is 45.5 Å². The van der Waals surface area contributed by atoms with E-state index in [1.165, 1.54) is 49.0 Å². The van der Waals surface area contributed by atoms with Gasteiger partial charge in [-0.05, 0) is 80.3 Å². The van der Waals surface area contributed by atoms with Gasteiger partial charge in [-0.1, -0.05) is 30.3 Å². The number of hydrogen-bond donors (Lipinski definition) is 1. The summed E-state index contributed by atoms with van der Waals surface area (Å²) >= 11 is 0. The smallest absolute Gasteiger partial charge is 0.220 e. The number of rotatable bonds is 8. The number of likely N-dealkylation sites (tertiary alicyclic amines) is 1. The molecular weight excluding hydrogens is 346 g/mol. The lowest BCUT2D eigenvalue weighted by Gasteiger charge is -2.32. The first-order chi connectivity index (χ1) is 13.7. The molecule has 0 radical (unpaired) electrons. The van der Waals surface area contributed by atoms with E-state index in [1.54, 1.807) is 0 Å². The highest BCUT2D eigenvalue weighted by Crippen LogP contribution is 2.23. The number of hydrogen-bond acceptors (Lipinski definition) is 3. The molecule has 2 fully saturated rings. The van der Waals surface area contributed by atoms with Crippen LogP contribution in [0.3, 0.4) is 0 Å². The van der Waals surface area contributed by atoms with Gasteiger partial charge in [-0.25, -0.2) is 0 Å². The number of nitrogens with one attached hydrogen (secondary N) is 1. The molecule has 1 aliphatic carbocycles. The van der Waals surface area contributed by atoms with Crippen molar-refractivity contribution < 1.29 is 4.79 Å². The molecular formula is C24H31N3O. The maximum Gasteiger partial charge on any atom is 0.220 e. The van der Waals surface area contributed by atoms with Crippen molar-refractivity contribution in [3.63, 3.8) is 0 Å². The zero-order valence-electron chi connectivity index (χ0n) is 16.6. The lowest BCUT2D eigenvalue weighted by Crippen LogP contribution is -2.33. The topological polar surface area (TPSA) is 45.2 Å². The molecule has 1 aromatic heterocycles. The van der Waals surface area contributed by atoms with E-state index in [9.17, 15) is 4.79 Å². The van der Waals surface area contributed by atoms with Crippen LogP contribution in [0.5, 0.6) is 0 Å². The fraction of sp³-hybridized carbons (Fsp3) is 0.500. The van der Waals surface area contributed by atoms with Crippen LogP contribution in [-0.4, -0.2) is 34.9 Å². The third kappa shape index (κ3) is 5.90. The molecule has 1 aromatic carbocycles. The van der Waals surface area contributed by atoms with Crippen molar-refractivity contribution in [2.45, 2.75) is 57.5 Å². The average Bonchev–Trinajstić information content (AvgIpc) is 3.54. The number of carbonyl (C=O) groups excluding carboxylic acids is 1. The van der Waals surface area contributed by atoms with Crippen LogP contribution >= 0.6 is 0 Å². The van der Waals surface area contributed by atoms with Crippen LogP contribution in [0.15, 0.2) is 48.8 Å². The SMILES string of the molecule is O=C(CCc1ccc(CC2CCN(Cc3cccnc3)CC2)cc1)NC1CC1. The molecule has 1 N–H and O–H groups in total. The van der Waals surface area contributed by atoms with E-state index in [0.29, 0.717) is 12.5 Å². The van der Waals surface area contributed by atoms with Gasteiger partial charge in [0.15, 0.2) is 0 Å². The maximum absolute atomic E-state index is 11.8. The molecule has 4 nitrogen and oxygen atoms in total. The minimum atomic E-state index is 0.199. The van der Waals surface area contributed by atoms with Crippen molar-refractivity contribution in [1.82, 2.24) is 15.2 Å². The third-order valence-corrected chi connectivity index (χ3v) is 5.97. The van der Waals surface area contributed by atoms with E-state index in [0.717, 1.165) is 31.7 Å².